The average Bonchev–Trinajstić information content (AvgIpc) is 2.52. The van der Waals surface area contributed by atoms with Gasteiger partial charge in [0, 0.05) is 12.5 Å². The fourth-order valence-electron chi connectivity index (χ4n) is 2.56. The minimum atomic E-state index is -0.259. The monoisotopic (exact) mass is 323 g/mol. The number of hydrogen-bond donors (Lipinski definition) is 3. The number of anilines is 1. The first-order chi connectivity index (χ1) is 11.5. The first-order valence-electron chi connectivity index (χ1n) is 7.63. The summed E-state index contributed by atoms with van der Waals surface area (Å²) in [6.45, 7) is 8.80. The molecule has 0 radical (unpaired) electrons. The Hall–Kier alpha value is -3.01. The van der Waals surface area contributed by atoms with Crippen molar-refractivity contribution in [1.29, 1.82) is 0 Å². The SMILES string of the molecule is C=CCc1cc(NC(C)=O)c(O)c(-c2ccc(O)c(CC=C)c2)c1. The van der Waals surface area contributed by atoms with E-state index >= 15 is 0 Å². The van der Waals surface area contributed by atoms with Gasteiger partial charge in [-0.05, 0) is 53.8 Å². The zero-order valence-corrected chi connectivity index (χ0v) is 13.7. The quantitative estimate of drug-likeness (QED) is 0.552. The second-order valence-electron chi connectivity index (χ2n) is 5.55. The predicted molar refractivity (Wildman–Crippen MR) is 97.3 cm³/mol. The van der Waals surface area contributed by atoms with Gasteiger partial charge in [0.2, 0.25) is 5.91 Å². The molecular formula is C20H21NO3. The molecule has 0 spiro atoms. The van der Waals surface area contributed by atoms with Gasteiger partial charge in [-0.2, -0.15) is 0 Å². The van der Waals surface area contributed by atoms with Gasteiger partial charge in [0.05, 0.1) is 5.69 Å². The van der Waals surface area contributed by atoms with Crippen LogP contribution in [0.3, 0.4) is 0 Å². The fraction of sp³-hybridized carbons (Fsp3) is 0.150. The molecule has 4 nitrogen and oxygen atoms in total. The molecule has 1 amide bonds. The zero-order chi connectivity index (χ0) is 17.7. The maximum atomic E-state index is 11.4. The molecule has 0 fully saturated rings. The standard InChI is InChI=1S/C20H21NO3/c1-4-6-14-10-17(20(24)18(11-14)21-13(3)22)15-8-9-19(23)16(12-15)7-5-2/h4-5,8-12,23-24H,1-2,6-7H2,3H3,(H,21,22). The molecule has 0 heterocycles. The number of rotatable bonds is 6. The summed E-state index contributed by atoms with van der Waals surface area (Å²) in [5.41, 5.74) is 3.33. The highest BCUT2D eigenvalue weighted by Gasteiger charge is 2.14. The topological polar surface area (TPSA) is 69.6 Å². The van der Waals surface area contributed by atoms with Crippen LogP contribution in [-0.4, -0.2) is 16.1 Å². The third-order valence-electron chi connectivity index (χ3n) is 3.62. The Kier molecular flexibility index (Phi) is 5.42. The smallest absolute Gasteiger partial charge is 0.221 e. The number of allylic oxidation sites excluding steroid dienone is 2. The van der Waals surface area contributed by atoms with E-state index in [0.717, 1.165) is 16.7 Å². The molecule has 124 valence electrons. The number of hydrogen-bond acceptors (Lipinski definition) is 3. The van der Waals surface area contributed by atoms with Crippen molar-refractivity contribution in [3.63, 3.8) is 0 Å². The van der Waals surface area contributed by atoms with Crippen molar-refractivity contribution in [2.24, 2.45) is 0 Å². The molecule has 0 bridgehead atoms. The summed E-state index contributed by atoms with van der Waals surface area (Å²) in [6, 6.07) is 8.71. The van der Waals surface area contributed by atoms with Crippen molar-refractivity contribution >= 4 is 11.6 Å². The Balaban J connectivity index is 2.61. The van der Waals surface area contributed by atoms with Crippen LogP contribution in [0.15, 0.2) is 55.6 Å². The first kappa shape index (κ1) is 17.3. The second-order valence-corrected chi connectivity index (χ2v) is 5.55. The Morgan fingerprint density at radius 3 is 2.46 bits per heavy atom. The highest BCUT2D eigenvalue weighted by molar-refractivity contribution is 5.93. The van der Waals surface area contributed by atoms with E-state index in [4.69, 9.17) is 0 Å². The number of phenolic OH excluding ortho intramolecular Hbond substituents is 2. The second kappa shape index (κ2) is 7.51. The molecule has 0 aliphatic rings. The molecule has 4 heteroatoms. The van der Waals surface area contributed by atoms with E-state index in [2.05, 4.69) is 18.5 Å². The number of carbonyl (C=O) groups is 1. The Morgan fingerprint density at radius 2 is 1.83 bits per heavy atom. The predicted octanol–water partition coefficient (Wildman–Crippen LogP) is 4.18. The van der Waals surface area contributed by atoms with E-state index in [-0.39, 0.29) is 17.4 Å². The number of benzene rings is 2. The van der Waals surface area contributed by atoms with Crippen LogP contribution in [0.2, 0.25) is 0 Å². The van der Waals surface area contributed by atoms with Crippen LogP contribution < -0.4 is 5.32 Å². The van der Waals surface area contributed by atoms with E-state index in [1.807, 2.05) is 6.07 Å². The van der Waals surface area contributed by atoms with Gasteiger partial charge in [-0.25, -0.2) is 0 Å². The summed E-state index contributed by atoms with van der Waals surface area (Å²) >= 11 is 0. The summed E-state index contributed by atoms with van der Waals surface area (Å²) < 4.78 is 0. The maximum absolute atomic E-state index is 11.4. The molecule has 0 aromatic heterocycles. The van der Waals surface area contributed by atoms with Crippen molar-refractivity contribution < 1.29 is 15.0 Å². The lowest BCUT2D eigenvalue weighted by molar-refractivity contribution is -0.114. The van der Waals surface area contributed by atoms with Gasteiger partial charge in [-0.1, -0.05) is 18.2 Å². The van der Waals surface area contributed by atoms with Gasteiger partial charge < -0.3 is 15.5 Å². The van der Waals surface area contributed by atoms with Crippen LogP contribution in [0, 0.1) is 0 Å². The summed E-state index contributed by atoms with van der Waals surface area (Å²) in [6.07, 6.45) is 4.59. The van der Waals surface area contributed by atoms with Gasteiger partial charge in [0.25, 0.3) is 0 Å². The number of phenols is 2. The molecule has 2 aromatic rings. The normalized spacial score (nSPS) is 10.2. The molecule has 0 atom stereocenters. The van der Waals surface area contributed by atoms with Crippen LogP contribution >= 0.6 is 0 Å². The zero-order valence-electron chi connectivity index (χ0n) is 13.7. The van der Waals surface area contributed by atoms with Crippen molar-refractivity contribution in [3.8, 4) is 22.6 Å². The largest absolute Gasteiger partial charge is 0.508 e. The number of aromatic hydroxyl groups is 2. The van der Waals surface area contributed by atoms with Crippen LogP contribution in [-0.2, 0) is 17.6 Å². The van der Waals surface area contributed by atoms with Gasteiger partial charge in [-0.15, -0.1) is 13.2 Å². The molecule has 3 N–H and O–H groups in total. The van der Waals surface area contributed by atoms with E-state index in [9.17, 15) is 15.0 Å². The molecular weight excluding hydrogens is 302 g/mol. The summed E-state index contributed by atoms with van der Waals surface area (Å²) in [7, 11) is 0. The Labute approximate surface area is 141 Å². The van der Waals surface area contributed by atoms with Crippen LogP contribution in [0.25, 0.3) is 11.1 Å². The molecule has 24 heavy (non-hydrogen) atoms. The van der Waals surface area contributed by atoms with Gasteiger partial charge in [0.1, 0.15) is 11.5 Å². The van der Waals surface area contributed by atoms with Crippen molar-refractivity contribution in [3.05, 3.63) is 66.8 Å². The molecule has 0 aliphatic carbocycles. The van der Waals surface area contributed by atoms with E-state index < -0.39 is 0 Å². The van der Waals surface area contributed by atoms with E-state index in [1.165, 1.54) is 6.92 Å². The fourth-order valence-corrected chi connectivity index (χ4v) is 2.56. The first-order valence-corrected chi connectivity index (χ1v) is 7.63. The minimum Gasteiger partial charge on any atom is -0.508 e. The summed E-state index contributed by atoms with van der Waals surface area (Å²) in [5.74, 6) is -0.0826. The number of amides is 1. The maximum Gasteiger partial charge on any atom is 0.221 e. The van der Waals surface area contributed by atoms with Crippen LogP contribution in [0.1, 0.15) is 18.1 Å². The molecule has 2 aromatic carbocycles. The van der Waals surface area contributed by atoms with Crippen molar-refractivity contribution in [2.75, 3.05) is 5.32 Å². The lowest BCUT2D eigenvalue weighted by Gasteiger charge is -2.14. The number of carbonyl (C=O) groups excluding carboxylic acids is 1. The number of nitrogens with one attached hydrogen (secondary N) is 1. The minimum absolute atomic E-state index is 0.00625. The molecule has 0 saturated carbocycles. The third-order valence-corrected chi connectivity index (χ3v) is 3.62. The van der Waals surface area contributed by atoms with Crippen LogP contribution in [0.5, 0.6) is 11.5 Å². The summed E-state index contributed by atoms with van der Waals surface area (Å²) in [5, 5.41) is 23.1. The van der Waals surface area contributed by atoms with Gasteiger partial charge in [-0.3, -0.25) is 4.79 Å². The van der Waals surface area contributed by atoms with Crippen molar-refractivity contribution in [1.82, 2.24) is 0 Å². The van der Waals surface area contributed by atoms with Gasteiger partial charge >= 0.3 is 0 Å². The Bertz CT molecular complexity index is 794. The lowest BCUT2D eigenvalue weighted by Crippen LogP contribution is -2.06. The third kappa shape index (κ3) is 3.84. The van der Waals surface area contributed by atoms with Crippen LogP contribution in [0.4, 0.5) is 5.69 Å². The average molecular weight is 323 g/mol. The Morgan fingerprint density at radius 1 is 1.12 bits per heavy atom. The molecule has 2 rings (SSSR count). The molecule has 0 unspecified atom stereocenters. The summed E-state index contributed by atoms with van der Waals surface area (Å²) in [4.78, 5) is 11.4. The van der Waals surface area contributed by atoms with Gasteiger partial charge in [0.15, 0.2) is 0 Å². The van der Waals surface area contributed by atoms with E-state index in [1.54, 1.807) is 36.4 Å². The highest BCUT2D eigenvalue weighted by Crippen LogP contribution is 2.38. The molecule has 0 aliphatic heterocycles. The lowest BCUT2D eigenvalue weighted by atomic mass is 9.96. The van der Waals surface area contributed by atoms with E-state index in [0.29, 0.717) is 24.1 Å². The highest BCUT2D eigenvalue weighted by atomic mass is 16.3. The molecule has 0 saturated heterocycles. The van der Waals surface area contributed by atoms with Crippen molar-refractivity contribution in [2.45, 2.75) is 19.8 Å².